The number of hydrogen-bond donors (Lipinski definition) is 1. The minimum absolute atomic E-state index is 0.0382. The summed E-state index contributed by atoms with van der Waals surface area (Å²) in [5.74, 6) is 0.781. The number of nitriles is 1. The van der Waals surface area contributed by atoms with Crippen LogP contribution in [0.3, 0.4) is 0 Å². The van der Waals surface area contributed by atoms with Gasteiger partial charge < -0.3 is 14.8 Å². The van der Waals surface area contributed by atoms with Crippen LogP contribution < -0.4 is 14.8 Å². The third kappa shape index (κ3) is 8.23. The Morgan fingerprint density at radius 1 is 0.974 bits per heavy atom. The number of hydrogen-bond acceptors (Lipinski definition) is 4. The molecule has 0 spiro atoms. The Morgan fingerprint density at radius 2 is 1.72 bits per heavy atom. The second-order valence-electron chi connectivity index (χ2n) is 8.26. The average molecular weight is 734 g/mol. The number of halogens is 4. The number of nitrogens with zero attached hydrogens (tertiary/aromatic N) is 1. The molecule has 4 rings (SSSR count). The van der Waals surface area contributed by atoms with E-state index >= 15 is 0 Å². The highest BCUT2D eigenvalue weighted by molar-refractivity contribution is 14.1. The molecule has 0 aliphatic rings. The van der Waals surface area contributed by atoms with Gasteiger partial charge in [-0.25, -0.2) is 0 Å². The van der Waals surface area contributed by atoms with Crippen LogP contribution in [0.1, 0.15) is 16.7 Å². The summed E-state index contributed by atoms with van der Waals surface area (Å²) < 4.78 is 13.2. The van der Waals surface area contributed by atoms with Crippen molar-refractivity contribution in [3.8, 4) is 17.6 Å². The van der Waals surface area contributed by atoms with E-state index in [9.17, 15) is 10.1 Å². The molecule has 0 aromatic heterocycles. The fourth-order valence-corrected chi connectivity index (χ4v) is 5.71. The SMILES string of the molecule is N#C/C(=C\c1cc(Br)c(OCc2ccc(Cl)cc2Cl)c(I)c1)C(=O)Nc1ccc(OCc2ccccc2)cc1. The van der Waals surface area contributed by atoms with Gasteiger partial charge in [0, 0.05) is 21.3 Å². The lowest BCUT2D eigenvalue weighted by atomic mass is 10.1. The predicted molar refractivity (Wildman–Crippen MR) is 167 cm³/mol. The molecule has 1 amide bonds. The highest BCUT2D eigenvalue weighted by Gasteiger charge is 2.14. The molecule has 9 heteroatoms. The number of ether oxygens (including phenoxy) is 2. The molecular formula is C30H20BrCl2IN2O3. The molecule has 39 heavy (non-hydrogen) atoms. The molecule has 0 aliphatic heterocycles. The van der Waals surface area contributed by atoms with Crippen LogP contribution >= 0.6 is 61.7 Å². The summed E-state index contributed by atoms with van der Waals surface area (Å²) in [6.45, 7) is 0.697. The first kappa shape index (κ1) is 29.0. The van der Waals surface area contributed by atoms with Crippen molar-refractivity contribution in [2.45, 2.75) is 13.2 Å². The molecule has 0 saturated heterocycles. The predicted octanol–water partition coefficient (Wildman–Crippen LogP) is 9.06. The maximum absolute atomic E-state index is 12.8. The van der Waals surface area contributed by atoms with Gasteiger partial charge in [0.2, 0.25) is 0 Å². The van der Waals surface area contributed by atoms with Crippen molar-refractivity contribution >= 4 is 79.4 Å². The van der Waals surface area contributed by atoms with Crippen LogP contribution in [0.15, 0.2) is 95.0 Å². The van der Waals surface area contributed by atoms with E-state index < -0.39 is 5.91 Å². The van der Waals surface area contributed by atoms with E-state index in [0.717, 1.165) is 14.7 Å². The first-order valence-corrected chi connectivity index (χ1v) is 14.2. The second kappa shape index (κ2) is 13.9. The number of benzene rings is 4. The van der Waals surface area contributed by atoms with Crippen molar-refractivity contribution in [2.75, 3.05) is 5.32 Å². The Morgan fingerprint density at radius 3 is 2.38 bits per heavy atom. The minimum Gasteiger partial charge on any atom is -0.489 e. The molecule has 196 valence electrons. The summed E-state index contributed by atoms with van der Waals surface area (Å²) in [4.78, 5) is 12.8. The quantitative estimate of drug-likeness (QED) is 0.106. The molecule has 0 unspecified atom stereocenters. The largest absolute Gasteiger partial charge is 0.489 e. The topological polar surface area (TPSA) is 71.3 Å². The summed E-state index contributed by atoms with van der Waals surface area (Å²) in [6.07, 6.45) is 1.53. The average Bonchev–Trinajstić information content (AvgIpc) is 2.92. The summed E-state index contributed by atoms with van der Waals surface area (Å²) in [6, 6.07) is 27.7. The Hall–Kier alpha value is -3.03. The highest BCUT2D eigenvalue weighted by atomic mass is 127. The van der Waals surface area contributed by atoms with E-state index in [2.05, 4.69) is 43.8 Å². The van der Waals surface area contributed by atoms with Crippen LogP contribution in [-0.4, -0.2) is 5.91 Å². The van der Waals surface area contributed by atoms with Crippen LogP contribution in [0.5, 0.6) is 11.5 Å². The zero-order chi connectivity index (χ0) is 27.8. The first-order chi connectivity index (χ1) is 18.8. The van der Waals surface area contributed by atoms with E-state index in [-0.39, 0.29) is 12.2 Å². The van der Waals surface area contributed by atoms with Crippen LogP contribution in [0.2, 0.25) is 10.0 Å². The van der Waals surface area contributed by atoms with Crippen molar-refractivity contribution < 1.29 is 14.3 Å². The van der Waals surface area contributed by atoms with E-state index in [0.29, 0.717) is 43.9 Å². The van der Waals surface area contributed by atoms with Crippen LogP contribution in [-0.2, 0) is 18.0 Å². The molecule has 0 fully saturated rings. The maximum Gasteiger partial charge on any atom is 0.266 e. The lowest BCUT2D eigenvalue weighted by Gasteiger charge is -2.13. The Labute approximate surface area is 258 Å². The van der Waals surface area contributed by atoms with E-state index in [1.54, 1.807) is 42.5 Å². The number of rotatable bonds is 9. The molecule has 0 aliphatic carbocycles. The molecule has 5 nitrogen and oxygen atoms in total. The fraction of sp³-hybridized carbons (Fsp3) is 0.0667. The van der Waals surface area contributed by atoms with Gasteiger partial charge in [0.25, 0.3) is 5.91 Å². The van der Waals surface area contributed by atoms with Gasteiger partial charge in [-0.3, -0.25) is 4.79 Å². The maximum atomic E-state index is 12.8. The molecular weight excluding hydrogens is 714 g/mol. The highest BCUT2D eigenvalue weighted by Crippen LogP contribution is 2.34. The Balaban J connectivity index is 1.40. The first-order valence-electron chi connectivity index (χ1n) is 11.6. The molecule has 4 aromatic rings. The standard InChI is InChI=1S/C30H20BrCl2IN2O3/c31-26-13-20(14-28(34)29(26)39-18-21-6-7-23(32)15-27(21)33)12-22(16-35)30(37)36-24-8-10-25(11-9-24)38-17-19-4-2-1-3-5-19/h1-15H,17-18H2,(H,36,37)/b22-12+. The van der Waals surface area contributed by atoms with Gasteiger partial charge >= 0.3 is 0 Å². The van der Waals surface area contributed by atoms with E-state index in [4.69, 9.17) is 32.7 Å². The fourth-order valence-electron chi connectivity index (χ4n) is 3.48. The van der Waals surface area contributed by atoms with Crippen molar-refractivity contribution in [3.63, 3.8) is 0 Å². The smallest absolute Gasteiger partial charge is 0.266 e. The van der Waals surface area contributed by atoms with E-state index in [1.165, 1.54) is 6.08 Å². The van der Waals surface area contributed by atoms with Crippen molar-refractivity contribution in [1.29, 1.82) is 5.26 Å². The zero-order valence-electron chi connectivity index (χ0n) is 20.3. The monoisotopic (exact) mass is 732 g/mol. The summed E-state index contributed by atoms with van der Waals surface area (Å²) >= 11 is 17.9. The molecule has 4 aromatic carbocycles. The molecule has 0 saturated carbocycles. The summed E-state index contributed by atoms with van der Waals surface area (Å²) in [5.41, 5.74) is 3.04. The van der Waals surface area contributed by atoms with Gasteiger partial charge in [0.15, 0.2) is 0 Å². The van der Waals surface area contributed by atoms with Gasteiger partial charge in [0.1, 0.15) is 36.4 Å². The number of carbonyl (C=O) groups excluding carboxylic acids is 1. The van der Waals surface area contributed by atoms with Gasteiger partial charge in [0.05, 0.1) is 8.04 Å². The lowest BCUT2D eigenvalue weighted by molar-refractivity contribution is -0.112. The van der Waals surface area contributed by atoms with E-state index in [1.807, 2.05) is 48.5 Å². The van der Waals surface area contributed by atoms with Crippen molar-refractivity contribution in [1.82, 2.24) is 0 Å². The normalized spacial score (nSPS) is 11.0. The van der Waals surface area contributed by atoms with Crippen LogP contribution in [0.25, 0.3) is 6.08 Å². The summed E-state index contributed by atoms with van der Waals surface area (Å²) in [5, 5.41) is 13.5. The number of carbonyl (C=O) groups is 1. The van der Waals surface area contributed by atoms with Crippen LogP contribution in [0.4, 0.5) is 5.69 Å². The second-order valence-corrected chi connectivity index (χ2v) is 11.1. The number of amides is 1. The third-order valence-electron chi connectivity index (χ3n) is 5.44. The van der Waals surface area contributed by atoms with Crippen LogP contribution in [0, 0.1) is 14.9 Å². The molecule has 1 N–H and O–H groups in total. The third-order valence-corrected chi connectivity index (χ3v) is 7.42. The number of anilines is 1. The van der Waals surface area contributed by atoms with Crippen molar-refractivity contribution in [2.24, 2.45) is 0 Å². The minimum atomic E-state index is -0.515. The van der Waals surface area contributed by atoms with Gasteiger partial charge in [-0.2, -0.15) is 5.26 Å². The molecule has 0 radical (unpaired) electrons. The summed E-state index contributed by atoms with van der Waals surface area (Å²) in [7, 11) is 0. The van der Waals surface area contributed by atoms with Gasteiger partial charge in [-0.15, -0.1) is 0 Å². The van der Waals surface area contributed by atoms with Gasteiger partial charge in [-0.05, 0) is 104 Å². The van der Waals surface area contributed by atoms with Gasteiger partial charge in [-0.1, -0.05) is 59.6 Å². The number of nitrogens with one attached hydrogen (secondary N) is 1. The van der Waals surface area contributed by atoms with Crippen molar-refractivity contribution in [3.05, 3.63) is 125 Å². The lowest BCUT2D eigenvalue weighted by Crippen LogP contribution is -2.13. The molecule has 0 atom stereocenters. The zero-order valence-corrected chi connectivity index (χ0v) is 25.5. The Bertz CT molecular complexity index is 1530. The molecule has 0 heterocycles. The molecule has 0 bridgehead atoms. The Kier molecular flexibility index (Phi) is 10.3.